The van der Waals surface area contributed by atoms with Crippen LogP contribution in [0.15, 0.2) is 94.7 Å². The van der Waals surface area contributed by atoms with Crippen LogP contribution in [0.1, 0.15) is 10.4 Å². The van der Waals surface area contributed by atoms with E-state index in [0.717, 1.165) is 4.90 Å². The number of anilines is 1. The van der Waals surface area contributed by atoms with E-state index in [1.807, 2.05) is 30.3 Å². The summed E-state index contributed by atoms with van der Waals surface area (Å²) in [6.07, 6.45) is 0. The van der Waals surface area contributed by atoms with Gasteiger partial charge in [0, 0.05) is 17.2 Å². The van der Waals surface area contributed by atoms with E-state index in [4.69, 9.17) is 0 Å². The third-order valence-electron chi connectivity index (χ3n) is 3.87. The van der Waals surface area contributed by atoms with E-state index < -0.39 is 10.0 Å². The van der Waals surface area contributed by atoms with Gasteiger partial charge in [0.1, 0.15) is 0 Å². The van der Waals surface area contributed by atoms with E-state index in [2.05, 4.69) is 10.0 Å². The van der Waals surface area contributed by atoms with Gasteiger partial charge in [0.15, 0.2) is 0 Å². The Balaban J connectivity index is 1.64. The molecule has 5 nitrogen and oxygen atoms in total. The lowest BCUT2D eigenvalue weighted by Gasteiger charge is -2.13. The molecule has 0 aromatic heterocycles. The summed E-state index contributed by atoms with van der Waals surface area (Å²) >= 11 is 1.64. The first-order chi connectivity index (χ1) is 13.6. The van der Waals surface area contributed by atoms with Crippen LogP contribution in [-0.4, -0.2) is 26.6 Å². The number of thioether (sulfide) groups is 1. The topological polar surface area (TPSA) is 75.3 Å². The van der Waals surface area contributed by atoms with Gasteiger partial charge in [-0.3, -0.25) is 9.52 Å². The van der Waals surface area contributed by atoms with Gasteiger partial charge in [0.25, 0.3) is 15.9 Å². The van der Waals surface area contributed by atoms with E-state index >= 15 is 0 Å². The standard InChI is InChI=1S/C21H20N2O3S2/c24-21(22-15-16-27-17-9-3-1-4-10-17)19-13-7-8-14-20(19)23-28(25,26)18-11-5-2-6-12-18/h1-14,23H,15-16H2,(H,22,24). The Labute approximate surface area is 169 Å². The van der Waals surface area contributed by atoms with Crippen molar-refractivity contribution in [1.82, 2.24) is 5.32 Å². The summed E-state index contributed by atoms with van der Waals surface area (Å²) in [7, 11) is -3.76. The number of para-hydroxylation sites is 1. The third kappa shape index (κ3) is 5.37. The summed E-state index contributed by atoms with van der Waals surface area (Å²) in [6, 6.07) is 24.5. The molecule has 0 aliphatic rings. The maximum absolute atomic E-state index is 12.5. The van der Waals surface area contributed by atoms with Gasteiger partial charge >= 0.3 is 0 Å². The lowest BCUT2D eigenvalue weighted by Crippen LogP contribution is -2.27. The Morgan fingerprint density at radius 3 is 2.14 bits per heavy atom. The number of rotatable bonds is 8. The lowest BCUT2D eigenvalue weighted by atomic mass is 10.2. The highest BCUT2D eigenvalue weighted by molar-refractivity contribution is 7.99. The molecule has 3 aromatic carbocycles. The first kappa shape index (κ1) is 20.0. The van der Waals surface area contributed by atoms with Gasteiger partial charge in [-0.15, -0.1) is 11.8 Å². The van der Waals surface area contributed by atoms with E-state index in [9.17, 15) is 13.2 Å². The highest BCUT2D eigenvalue weighted by Crippen LogP contribution is 2.20. The predicted molar refractivity (Wildman–Crippen MR) is 113 cm³/mol. The predicted octanol–water partition coefficient (Wildman–Crippen LogP) is 4.01. The smallest absolute Gasteiger partial charge is 0.261 e. The van der Waals surface area contributed by atoms with Crippen LogP contribution in [0.4, 0.5) is 5.69 Å². The van der Waals surface area contributed by atoms with Crippen molar-refractivity contribution < 1.29 is 13.2 Å². The maximum Gasteiger partial charge on any atom is 0.261 e. The van der Waals surface area contributed by atoms with Crippen LogP contribution in [-0.2, 0) is 10.0 Å². The molecule has 3 aromatic rings. The van der Waals surface area contributed by atoms with E-state index in [1.165, 1.54) is 12.1 Å². The normalized spacial score (nSPS) is 11.0. The lowest BCUT2D eigenvalue weighted by molar-refractivity contribution is 0.0957. The minimum absolute atomic E-state index is 0.143. The average molecular weight is 413 g/mol. The monoisotopic (exact) mass is 412 g/mol. The van der Waals surface area contributed by atoms with Gasteiger partial charge in [-0.1, -0.05) is 48.5 Å². The zero-order valence-corrected chi connectivity index (χ0v) is 16.7. The van der Waals surface area contributed by atoms with Crippen molar-refractivity contribution in [2.24, 2.45) is 0 Å². The van der Waals surface area contributed by atoms with Gasteiger partial charge in [0.2, 0.25) is 0 Å². The minimum atomic E-state index is -3.76. The number of hydrogen-bond acceptors (Lipinski definition) is 4. The molecule has 0 radical (unpaired) electrons. The van der Waals surface area contributed by atoms with E-state index in [1.54, 1.807) is 54.2 Å². The third-order valence-corrected chi connectivity index (χ3v) is 6.26. The molecule has 0 atom stereocenters. The Morgan fingerprint density at radius 2 is 1.43 bits per heavy atom. The van der Waals surface area contributed by atoms with Crippen molar-refractivity contribution in [3.05, 3.63) is 90.5 Å². The number of hydrogen-bond donors (Lipinski definition) is 2. The molecule has 0 aliphatic heterocycles. The first-order valence-electron chi connectivity index (χ1n) is 8.69. The van der Waals surface area contributed by atoms with Crippen LogP contribution in [0.5, 0.6) is 0 Å². The molecule has 0 fully saturated rings. The molecule has 1 amide bonds. The molecule has 0 unspecified atom stereocenters. The highest BCUT2D eigenvalue weighted by atomic mass is 32.2. The first-order valence-corrected chi connectivity index (χ1v) is 11.2. The van der Waals surface area contributed by atoms with Crippen LogP contribution in [0.3, 0.4) is 0 Å². The van der Waals surface area contributed by atoms with Gasteiger partial charge in [-0.2, -0.15) is 0 Å². The fourth-order valence-corrected chi connectivity index (χ4v) is 4.41. The molecule has 7 heteroatoms. The zero-order chi connectivity index (χ0) is 19.8. The maximum atomic E-state index is 12.5. The quantitative estimate of drug-likeness (QED) is 0.433. The zero-order valence-electron chi connectivity index (χ0n) is 15.0. The van der Waals surface area contributed by atoms with Crippen molar-refractivity contribution in [2.45, 2.75) is 9.79 Å². The molecular formula is C21H20N2O3S2. The largest absolute Gasteiger partial charge is 0.351 e. The van der Waals surface area contributed by atoms with E-state index in [0.29, 0.717) is 12.3 Å². The Hall–Kier alpha value is -2.77. The second-order valence-electron chi connectivity index (χ2n) is 5.88. The summed E-state index contributed by atoms with van der Waals surface area (Å²) < 4.78 is 27.6. The molecule has 2 N–H and O–H groups in total. The van der Waals surface area contributed by atoms with Crippen LogP contribution >= 0.6 is 11.8 Å². The molecule has 0 bridgehead atoms. The fourth-order valence-electron chi connectivity index (χ4n) is 2.52. The number of benzene rings is 3. The molecule has 28 heavy (non-hydrogen) atoms. The second-order valence-corrected chi connectivity index (χ2v) is 8.73. The fraction of sp³-hybridized carbons (Fsp3) is 0.0952. The van der Waals surface area contributed by atoms with Crippen molar-refractivity contribution in [3.63, 3.8) is 0 Å². The van der Waals surface area contributed by atoms with Crippen LogP contribution in [0.2, 0.25) is 0 Å². The number of sulfonamides is 1. The molecule has 0 aliphatic carbocycles. The number of carbonyl (C=O) groups is 1. The molecule has 3 rings (SSSR count). The average Bonchev–Trinajstić information content (AvgIpc) is 2.72. The van der Waals surface area contributed by atoms with E-state index in [-0.39, 0.29) is 22.1 Å². The molecular weight excluding hydrogens is 392 g/mol. The van der Waals surface area contributed by atoms with Crippen LogP contribution in [0.25, 0.3) is 0 Å². The van der Waals surface area contributed by atoms with Gasteiger partial charge in [0.05, 0.1) is 16.1 Å². The molecule has 144 valence electrons. The van der Waals surface area contributed by atoms with Crippen molar-refractivity contribution in [3.8, 4) is 0 Å². The van der Waals surface area contributed by atoms with Gasteiger partial charge in [-0.05, 0) is 36.4 Å². The SMILES string of the molecule is O=C(NCCSc1ccccc1)c1ccccc1NS(=O)(=O)c1ccccc1. The number of amides is 1. The second kappa shape index (κ2) is 9.43. The molecule has 0 spiro atoms. The number of nitrogens with one attached hydrogen (secondary N) is 2. The van der Waals surface area contributed by atoms with Crippen LogP contribution < -0.4 is 10.0 Å². The summed E-state index contributed by atoms with van der Waals surface area (Å²) in [5.41, 5.74) is 0.534. The van der Waals surface area contributed by atoms with Crippen LogP contribution in [0, 0.1) is 0 Å². The number of carbonyl (C=O) groups excluding carboxylic acids is 1. The van der Waals surface area contributed by atoms with Gasteiger partial charge < -0.3 is 5.32 Å². The Bertz CT molecular complexity index is 1020. The summed E-state index contributed by atoms with van der Waals surface area (Å²) in [5, 5.41) is 2.84. The Morgan fingerprint density at radius 1 is 0.821 bits per heavy atom. The van der Waals surface area contributed by atoms with Crippen molar-refractivity contribution >= 4 is 33.4 Å². The van der Waals surface area contributed by atoms with Crippen molar-refractivity contribution in [1.29, 1.82) is 0 Å². The van der Waals surface area contributed by atoms with Gasteiger partial charge in [-0.25, -0.2) is 8.42 Å². The van der Waals surface area contributed by atoms with Crippen molar-refractivity contribution in [2.75, 3.05) is 17.0 Å². The molecule has 0 saturated heterocycles. The minimum Gasteiger partial charge on any atom is -0.351 e. The summed E-state index contributed by atoms with van der Waals surface area (Å²) in [6.45, 7) is 0.470. The highest BCUT2D eigenvalue weighted by Gasteiger charge is 2.18. The summed E-state index contributed by atoms with van der Waals surface area (Å²) in [4.78, 5) is 13.8. The molecule has 0 saturated carbocycles. The Kier molecular flexibility index (Phi) is 6.73. The summed E-state index contributed by atoms with van der Waals surface area (Å²) in [5.74, 6) is 0.397. The molecule has 0 heterocycles.